The van der Waals surface area contributed by atoms with Crippen LogP contribution in [-0.4, -0.2) is 28.0 Å². The first-order valence-corrected chi connectivity index (χ1v) is 11.3. The second-order valence-electron chi connectivity index (χ2n) is 6.22. The number of rotatable bonds is 7. The fraction of sp³-hybridized carbons (Fsp3) is 0.150. The Morgan fingerprint density at radius 1 is 1.17 bits per heavy atom. The third-order valence-corrected chi connectivity index (χ3v) is 7.55. The lowest BCUT2D eigenvalue weighted by molar-refractivity contribution is -0.118. The molecule has 0 atom stereocenters. The summed E-state index contributed by atoms with van der Waals surface area (Å²) in [5.74, 6) is 0.0954. The maximum Gasteiger partial charge on any atom is 0.273 e. The topological polar surface area (TPSA) is 75.7 Å². The van der Waals surface area contributed by atoms with Crippen molar-refractivity contribution in [1.29, 1.82) is 0 Å². The number of nitrogens with zero attached hydrogens (tertiary/aromatic N) is 1. The van der Waals surface area contributed by atoms with Gasteiger partial charge in [0.1, 0.15) is 9.96 Å². The van der Waals surface area contributed by atoms with E-state index in [2.05, 4.69) is 5.32 Å². The number of carbonyl (C=O) groups excluding carboxylic acids is 1. The number of nitrogens with one attached hydrogen (secondary N) is 1. The zero-order valence-electron chi connectivity index (χ0n) is 15.8. The van der Waals surface area contributed by atoms with Crippen LogP contribution in [-0.2, 0) is 14.8 Å². The van der Waals surface area contributed by atoms with Crippen molar-refractivity contribution in [3.05, 3.63) is 70.6 Å². The minimum Gasteiger partial charge on any atom is -0.484 e. The molecule has 0 saturated heterocycles. The van der Waals surface area contributed by atoms with Crippen molar-refractivity contribution in [3.8, 4) is 5.75 Å². The minimum atomic E-state index is -3.59. The highest BCUT2D eigenvalue weighted by atomic mass is 35.5. The van der Waals surface area contributed by atoms with E-state index in [1.165, 1.54) is 11.4 Å². The number of ether oxygens (including phenoxy) is 1. The standard InChI is InChI=1S/C20H19ClN2O4S2/c1-14-5-10-18(17(21)12-14)22-19(24)13-27-16-8-6-15(7-9-16)23(2)29(25,26)20-4-3-11-28-20/h3-12H,13H2,1-2H3,(H,22,24). The van der Waals surface area contributed by atoms with E-state index in [4.69, 9.17) is 16.3 Å². The predicted octanol–water partition coefficient (Wildman–Crippen LogP) is 4.55. The van der Waals surface area contributed by atoms with Crippen LogP contribution in [0.15, 0.2) is 64.2 Å². The molecule has 0 bridgehead atoms. The molecule has 0 unspecified atom stereocenters. The summed E-state index contributed by atoms with van der Waals surface area (Å²) in [5.41, 5.74) is 2.00. The number of carbonyl (C=O) groups is 1. The summed E-state index contributed by atoms with van der Waals surface area (Å²) in [4.78, 5) is 12.1. The Bertz CT molecular complexity index is 1100. The van der Waals surface area contributed by atoms with Crippen LogP contribution in [0.2, 0.25) is 5.02 Å². The van der Waals surface area contributed by atoms with E-state index in [1.54, 1.807) is 53.9 Å². The van der Waals surface area contributed by atoms with Crippen LogP contribution in [0, 0.1) is 6.92 Å². The molecule has 0 saturated carbocycles. The van der Waals surface area contributed by atoms with Crippen molar-refractivity contribution >= 4 is 50.2 Å². The molecule has 0 radical (unpaired) electrons. The molecule has 0 aliphatic carbocycles. The summed E-state index contributed by atoms with van der Waals surface area (Å²) in [6.07, 6.45) is 0. The Morgan fingerprint density at radius 3 is 2.52 bits per heavy atom. The van der Waals surface area contributed by atoms with Gasteiger partial charge in [0.15, 0.2) is 6.61 Å². The van der Waals surface area contributed by atoms with Crippen molar-refractivity contribution in [2.75, 3.05) is 23.3 Å². The first-order valence-electron chi connectivity index (χ1n) is 8.58. The van der Waals surface area contributed by atoms with Gasteiger partial charge in [0, 0.05) is 7.05 Å². The number of amides is 1. The first-order chi connectivity index (χ1) is 13.8. The molecule has 1 amide bonds. The van der Waals surface area contributed by atoms with Gasteiger partial charge >= 0.3 is 0 Å². The van der Waals surface area contributed by atoms with Crippen molar-refractivity contribution in [1.82, 2.24) is 0 Å². The highest BCUT2D eigenvalue weighted by molar-refractivity contribution is 7.94. The molecular formula is C20H19ClN2O4S2. The molecule has 2 aromatic carbocycles. The van der Waals surface area contributed by atoms with E-state index in [0.29, 0.717) is 22.1 Å². The molecule has 1 heterocycles. The summed E-state index contributed by atoms with van der Waals surface area (Å²) < 4.78 is 32.1. The van der Waals surface area contributed by atoms with Gasteiger partial charge in [-0.3, -0.25) is 9.10 Å². The third kappa shape index (κ3) is 5.09. The third-order valence-electron chi connectivity index (χ3n) is 4.08. The molecule has 0 spiro atoms. The number of sulfonamides is 1. The van der Waals surface area contributed by atoms with Gasteiger partial charge in [-0.25, -0.2) is 8.42 Å². The number of halogens is 1. The lowest BCUT2D eigenvalue weighted by atomic mass is 10.2. The number of thiophene rings is 1. The van der Waals surface area contributed by atoms with E-state index < -0.39 is 10.0 Å². The number of hydrogen-bond donors (Lipinski definition) is 1. The predicted molar refractivity (Wildman–Crippen MR) is 117 cm³/mol. The molecule has 0 aliphatic rings. The Kier molecular flexibility index (Phi) is 6.46. The molecule has 1 N–H and O–H groups in total. The van der Waals surface area contributed by atoms with Gasteiger partial charge in [-0.05, 0) is 60.3 Å². The van der Waals surface area contributed by atoms with Crippen molar-refractivity contribution in [3.63, 3.8) is 0 Å². The molecule has 9 heteroatoms. The van der Waals surface area contributed by atoms with E-state index in [1.807, 2.05) is 13.0 Å². The molecule has 3 rings (SSSR count). The van der Waals surface area contributed by atoms with Gasteiger partial charge < -0.3 is 10.1 Å². The van der Waals surface area contributed by atoms with Gasteiger partial charge in [0.25, 0.3) is 15.9 Å². The van der Waals surface area contributed by atoms with Crippen LogP contribution in [0.1, 0.15) is 5.56 Å². The van der Waals surface area contributed by atoms with Gasteiger partial charge in [-0.15, -0.1) is 11.3 Å². The zero-order chi connectivity index (χ0) is 21.0. The van der Waals surface area contributed by atoms with Crippen LogP contribution in [0.4, 0.5) is 11.4 Å². The van der Waals surface area contributed by atoms with Crippen molar-refractivity contribution < 1.29 is 17.9 Å². The maximum absolute atomic E-state index is 12.6. The average Bonchev–Trinajstić information content (AvgIpc) is 3.24. The smallest absolute Gasteiger partial charge is 0.273 e. The molecule has 1 aromatic heterocycles. The Hall–Kier alpha value is -2.55. The number of hydrogen-bond acceptors (Lipinski definition) is 5. The van der Waals surface area contributed by atoms with Crippen LogP contribution in [0.5, 0.6) is 5.75 Å². The van der Waals surface area contributed by atoms with Crippen molar-refractivity contribution in [2.24, 2.45) is 0 Å². The maximum atomic E-state index is 12.6. The Morgan fingerprint density at radius 2 is 1.90 bits per heavy atom. The van der Waals surface area contributed by atoms with E-state index >= 15 is 0 Å². The monoisotopic (exact) mass is 450 g/mol. The summed E-state index contributed by atoms with van der Waals surface area (Å²) in [6, 6.07) is 15.1. The number of benzene rings is 2. The second-order valence-corrected chi connectivity index (χ2v) is 9.77. The molecule has 0 fully saturated rings. The van der Waals surface area contributed by atoms with Gasteiger partial charge in [-0.2, -0.15) is 0 Å². The lowest BCUT2D eigenvalue weighted by Crippen LogP contribution is -2.25. The first kappa shape index (κ1) is 21.2. The van der Waals surface area contributed by atoms with Gasteiger partial charge in [-0.1, -0.05) is 23.7 Å². The Labute approximate surface area is 178 Å². The van der Waals surface area contributed by atoms with E-state index in [0.717, 1.165) is 16.9 Å². The summed E-state index contributed by atoms with van der Waals surface area (Å²) in [5, 5.41) is 4.86. The van der Waals surface area contributed by atoms with Gasteiger partial charge in [0.05, 0.1) is 16.4 Å². The second kappa shape index (κ2) is 8.86. The lowest BCUT2D eigenvalue weighted by Gasteiger charge is -2.18. The number of anilines is 2. The fourth-order valence-electron chi connectivity index (χ4n) is 2.49. The molecule has 0 aliphatic heterocycles. The zero-order valence-corrected chi connectivity index (χ0v) is 18.1. The summed E-state index contributed by atoms with van der Waals surface area (Å²) >= 11 is 7.26. The molecule has 152 valence electrons. The Balaban J connectivity index is 1.60. The van der Waals surface area contributed by atoms with Crippen LogP contribution in [0.3, 0.4) is 0 Å². The SMILES string of the molecule is Cc1ccc(NC(=O)COc2ccc(N(C)S(=O)(=O)c3cccs3)cc2)c(Cl)c1. The van der Waals surface area contributed by atoms with E-state index in [-0.39, 0.29) is 16.7 Å². The quantitative estimate of drug-likeness (QED) is 0.572. The largest absolute Gasteiger partial charge is 0.484 e. The van der Waals surface area contributed by atoms with Crippen LogP contribution >= 0.6 is 22.9 Å². The van der Waals surface area contributed by atoms with Crippen molar-refractivity contribution in [2.45, 2.75) is 11.1 Å². The molecule has 3 aromatic rings. The highest BCUT2D eigenvalue weighted by Crippen LogP contribution is 2.27. The van der Waals surface area contributed by atoms with E-state index in [9.17, 15) is 13.2 Å². The molecule has 29 heavy (non-hydrogen) atoms. The minimum absolute atomic E-state index is 0.202. The summed E-state index contributed by atoms with van der Waals surface area (Å²) in [6.45, 7) is 1.71. The average molecular weight is 451 g/mol. The highest BCUT2D eigenvalue weighted by Gasteiger charge is 2.22. The number of aryl methyl sites for hydroxylation is 1. The van der Waals surface area contributed by atoms with Gasteiger partial charge in [0.2, 0.25) is 0 Å². The summed E-state index contributed by atoms with van der Waals surface area (Å²) in [7, 11) is -2.10. The normalized spacial score (nSPS) is 11.1. The van der Waals surface area contributed by atoms with Crippen LogP contribution in [0.25, 0.3) is 0 Å². The molecule has 6 nitrogen and oxygen atoms in total. The van der Waals surface area contributed by atoms with Crippen LogP contribution < -0.4 is 14.4 Å². The molecular weight excluding hydrogens is 432 g/mol. The fourth-order valence-corrected chi connectivity index (χ4v) is 5.13.